The second-order valence-electron chi connectivity index (χ2n) is 5.15. The van der Waals surface area contributed by atoms with Gasteiger partial charge < -0.3 is 15.5 Å². The van der Waals surface area contributed by atoms with Crippen LogP contribution in [0.4, 0.5) is 10.5 Å². The first kappa shape index (κ1) is 14.6. The average molecular weight is 315 g/mol. The summed E-state index contributed by atoms with van der Waals surface area (Å²) >= 11 is 1.60. The third-order valence-electron chi connectivity index (χ3n) is 3.53. The monoisotopic (exact) mass is 315 g/mol. The molecule has 1 aliphatic heterocycles. The summed E-state index contributed by atoms with van der Waals surface area (Å²) in [6.45, 7) is 1.02. The van der Waals surface area contributed by atoms with Crippen LogP contribution in [0.25, 0.3) is 0 Å². The lowest BCUT2D eigenvalue weighted by atomic mass is 10.2. The second kappa shape index (κ2) is 6.62. The fourth-order valence-electron chi connectivity index (χ4n) is 2.48. The van der Waals surface area contributed by atoms with E-state index < -0.39 is 0 Å². The van der Waals surface area contributed by atoms with E-state index in [1.807, 2.05) is 47.8 Å². The number of para-hydroxylation sites is 1. The van der Waals surface area contributed by atoms with Crippen molar-refractivity contribution in [3.8, 4) is 0 Å². The number of amides is 3. The SMILES string of the molecule is O=C(NCc1cccs1)N[C@@H]1CC(=O)N(c2ccccc2)C1. The molecule has 22 heavy (non-hydrogen) atoms. The van der Waals surface area contributed by atoms with Crippen LogP contribution in [0, 0.1) is 0 Å². The van der Waals surface area contributed by atoms with Crippen molar-refractivity contribution in [2.45, 2.75) is 19.0 Å². The number of benzene rings is 1. The van der Waals surface area contributed by atoms with Gasteiger partial charge in [-0.05, 0) is 23.6 Å². The number of carbonyl (C=O) groups is 2. The number of rotatable bonds is 4. The van der Waals surface area contributed by atoms with Crippen molar-refractivity contribution in [3.63, 3.8) is 0 Å². The van der Waals surface area contributed by atoms with Crippen LogP contribution in [-0.4, -0.2) is 24.5 Å². The molecule has 5 nitrogen and oxygen atoms in total. The molecule has 2 aromatic rings. The van der Waals surface area contributed by atoms with E-state index in [1.165, 1.54) is 0 Å². The molecule has 0 spiro atoms. The molecule has 3 amide bonds. The minimum atomic E-state index is -0.235. The Morgan fingerprint density at radius 2 is 2.05 bits per heavy atom. The van der Waals surface area contributed by atoms with E-state index in [-0.39, 0.29) is 18.0 Å². The molecule has 1 aromatic heterocycles. The van der Waals surface area contributed by atoms with Crippen LogP contribution >= 0.6 is 11.3 Å². The summed E-state index contributed by atoms with van der Waals surface area (Å²) in [6, 6.07) is 13.0. The maximum absolute atomic E-state index is 12.1. The molecule has 0 unspecified atom stereocenters. The molecule has 0 radical (unpaired) electrons. The molecule has 1 atom stereocenters. The minimum absolute atomic E-state index is 0.0368. The lowest BCUT2D eigenvalue weighted by Gasteiger charge is -2.17. The predicted molar refractivity (Wildman–Crippen MR) is 86.9 cm³/mol. The number of urea groups is 1. The first-order chi connectivity index (χ1) is 10.7. The smallest absolute Gasteiger partial charge is 0.315 e. The van der Waals surface area contributed by atoms with E-state index in [0.717, 1.165) is 10.6 Å². The Hall–Kier alpha value is -2.34. The highest BCUT2D eigenvalue weighted by Crippen LogP contribution is 2.20. The van der Waals surface area contributed by atoms with Crippen LogP contribution in [0.1, 0.15) is 11.3 Å². The van der Waals surface area contributed by atoms with Crippen molar-refractivity contribution >= 4 is 29.0 Å². The van der Waals surface area contributed by atoms with Crippen LogP contribution in [-0.2, 0) is 11.3 Å². The Morgan fingerprint density at radius 3 is 2.77 bits per heavy atom. The van der Waals surface area contributed by atoms with Crippen LogP contribution in [0.3, 0.4) is 0 Å². The number of anilines is 1. The number of carbonyl (C=O) groups excluding carboxylic acids is 2. The molecule has 0 bridgehead atoms. The minimum Gasteiger partial charge on any atom is -0.333 e. The van der Waals surface area contributed by atoms with Gasteiger partial charge in [0.1, 0.15) is 0 Å². The number of hydrogen-bond donors (Lipinski definition) is 2. The zero-order chi connectivity index (χ0) is 15.4. The molecule has 1 saturated heterocycles. The highest BCUT2D eigenvalue weighted by atomic mass is 32.1. The normalized spacial score (nSPS) is 17.5. The average Bonchev–Trinajstić information content (AvgIpc) is 3.16. The molecule has 2 N–H and O–H groups in total. The molecule has 1 aromatic carbocycles. The summed E-state index contributed by atoms with van der Waals surface area (Å²) in [4.78, 5) is 26.8. The third kappa shape index (κ3) is 3.46. The predicted octanol–water partition coefficient (Wildman–Crippen LogP) is 2.35. The molecule has 1 fully saturated rings. The van der Waals surface area contributed by atoms with Crippen molar-refractivity contribution in [2.75, 3.05) is 11.4 Å². The van der Waals surface area contributed by atoms with Gasteiger partial charge in [-0.25, -0.2) is 4.79 Å². The molecule has 0 saturated carbocycles. The van der Waals surface area contributed by atoms with Gasteiger partial charge in [0.05, 0.1) is 12.6 Å². The van der Waals surface area contributed by atoms with E-state index in [2.05, 4.69) is 10.6 Å². The first-order valence-electron chi connectivity index (χ1n) is 7.14. The fourth-order valence-corrected chi connectivity index (χ4v) is 3.12. The molecular weight excluding hydrogens is 298 g/mol. The van der Waals surface area contributed by atoms with Gasteiger partial charge in [-0.3, -0.25) is 4.79 Å². The summed E-state index contributed by atoms with van der Waals surface area (Å²) in [6.07, 6.45) is 0.335. The Labute approximate surface area is 132 Å². The van der Waals surface area contributed by atoms with E-state index in [4.69, 9.17) is 0 Å². The molecule has 1 aliphatic rings. The van der Waals surface area contributed by atoms with Crippen molar-refractivity contribution in [2.24, 2.45) is 0 Å². The van der Waals surface area contributed by atoms with Crippen molar-refractivity contribution in [1.82, 2.24) is 10.6 Å². The van der Waals surface area contributed by atoms with Gasteiger partial charge in [0.25, 0.3) is 0 Å². The summed E-state index contributed by atoms with van der Waals surface area (Å²) in [5.41, 5.74) is 0.871. The quantitative estimate of drug-likeness (QED) is 0.910. The van der Waals surface area contributed by atoms with Crippen molar-refractivity contribution < 1.29 is 9.59 Å². The van der Waals surface area contributed by atoms with Gasteiger partial charge in [0.15, 0.2) is 0 Å². The van der Waals surface area contributed by atoms with E-state index in [9.17, 15) is 9.59 Å². The Balaban J connectivity index is 1.51. The summed E-state index contributed by atoms with van der Waals surface area (Å²) in [5, 5.41) is 7.65. The second-order valence-corrected chi connectivity index (χ2v) is 6.18. The standard InChI is InChI=1S/C16H17N3O2S/c20-15-9-12(11-19(15)13-5-2-1-3-6-13)18-16(21)17-10-14-7-4-8-22-14/h1-8,12H,9-11H2,(H2,17,18,21)/t12-/m1/s1. The van der Waals surface area contributed by atoms with Gasteiger partial charge in [-0.1, -0.05) is 24.3 Å². The Bertz CT molecular complexity index is 643. The lowest BCUT2D eigenvalue weighted by Crippen LogP contribution is -2.43. The fraction of sp³-hybridized carbons (Fsp3) is 0.250. The molecule has 0 aliphatic carbocycles. The Kier molecular flexibility index (Phi) is 4.39. The molecular formula is C16H17N3O2S. The maximum Gasteiger partial charge on any atom is 0.315 e. The van der Waals surface area contributed by atoms with Gasteiger partial charge in [0.2, 0.25) is 5.91 Å². The number of thiophene rings is 1. The van der Waals surface area contributed by atoms with E-state index in [0.29, 0.717) is 19.5 Å². The van der Waals surface area contributed by atoms with Crippen molar-refractivity contribution in [1.29, 1.82) is 0 Å². The number of nitrogens with one attached hydrogen (secondary N) is 2. The highest BCUT2D eigenvalue weighted by molar-refractivity contribution is 7.09. The largest absolute Gasteiger partial charge is 0.333 e. The van der Waals surface area contributed by atoms with Gasteiger partial charge in [0, 0.05) is 23.5 Å². The number of hydrogen-bond acceptors (Lipinski definition) is 3. The first-order valence-corrected chi connectivity index (χ1v) is 8.02. The van der Waals surface area contributed by atoms with Gasteiger partial charge in [-0.15, -0.1) is 11.3 Å². The summed E-state index contributed by atoms with van der Waals surface area (Å²) in [7, 11) is 0. The van der Waals surface area contributed by atoms with Crippen molar-refractivity contribution in [3.05, 3.63) is 52.7 Å². The van der Waals surface area contributed by atoms with E-state index >= 15 is 0 Å². The van der Waals surface area contributed by atoms with Crippen LogP contribution in [0.5, 0.6) is 0 Å². The Morgan fingerprint density at radius 1 is 1.23 bits per heavy atom. The third-order valence-corrected chi connectivity index (χ3v) is 4.41. The number of nitrogens with zero attached hydrogens (tertiary/aromatic N) is 1. The van der Waals surface area contributed by atoms with Crippen LogP contribution in [0.15, 0.2) is 47.8 Å². The summed E-state index contributed by atoms with van der Waals surface area (Å²) < 4.78 is 0. The topological polar surface area (TPSA) is 61.4 Å². The lowest BCUT2D eigenvalue weighted by molar-refractivity contribution is -0.117. The maximum atomic E-state index is 12.1. The zero-order valence-electron chi connectivity index (χ0n) is 12.0. The van der Waals surface area contributed by atoms with E-state index in [1.54, 1.807) is 16.2 Å². The molecule has 114 valence electrons. The zero-order valence-corrected chi connectivity index (χ0v) is 12.8. The highest BCUT2D eigenvalue weighted by Gasteiger charge is 2.31. The summed E-state index contributed by atoms with van der Waals surface area (Å²) in [5.74, 6) is 0.0368. The van der Waals surface area contributed by atoms with Crippen LogP contribution in [0.2, 0.25) is 0 Å². The van der Waals surface area contributed by atoms with Gasteiger partial charge in [-0.2, -0.15) is 0 Å². The van der Waals surface area contributed by atoms with Gasteiger partial charge >= 0.3 is 6.03 Å². The van der Waals surface area contributed by atoms with Crippen LogP contribution < -0.4 is 15.5 Å². The molecule has 2 heterocycles. The molecule has 3 rings (SSSR count). The molecule has 6 heteroatoms.